The first kappa shape index (κ1) is 36.3. The second kappa shape index (κ2) is 15.7. The molecule has 0 aliphatic heterocycles. The Balaban J connectivity index is 1.37. The van der Waals surface area contributed by atoms with Gasteiger partial charge in [-0.3, -0.25) is 29.3 Å². The van der Waals surface area contributed by atoms with Gasteiger partial charge in [0, 0.05) is 11.8 Å². The van der Waals surface area contributed by atoms with Crippen molar-refractivity contribution in [3.63, 3.8) is 0 Å². The van der Waals surface area contributed by atoms with E-state index < -0.39 is 41.3 Å². The van der Waals surface area contributed by atoms with Gasteiger partial charge in [-0.2, -0.15) is 0 Å². The molecule has 0 saturated carbocycles. The number of ketones is 1. The van der Waals surface area contributed by atoms with Crippen LogP contribution in [0.15, 0.2) is 88.2 Å². The Kier molecular flexibility index (Phi) is 11.2. The van der Waals surface area contributed by atoms with Gasteiger partial charge in [-0.1, -0.05) is 87.5 Å². The van der Waals surface area contributed by atoms with Crippen molar-refractivity contribution >= 4 is 23.5 Å². The number of aromatic nitrogens is 5. The number of anilines is 1. The Hall–Kier alpha value is -5.98. The van der Waals surface area contributed by atoms with Crippen LogP contribution in [0.1, 0.15) is 73.7 Å². The van der Waals surface area contributed by atoms with Crippen molar-refractivity contribution in [2.24, 2.45) is 5.92 Å². The lowest BCUT2D eigenvalue weighted by molar-refractivity contribution is -0.122. The summed E-state index contributed by atoms with van der Waals surface area (Å²) in [6, 6.07) is 20.8. The summed E-state index contributed by atoms with van der Waals surface area (Å²) in [5, 5.41) is 13.4. The highest BCUT2D eigenvalue weighted by molar-refractivity contribution is 5.98. The highest BCUT2D eigenvalue weighted by atomic mass is 16.5. The predicted molar refractivity (Wildman–Crippen MR) is 190 cm³/mol. The Morgan fingerprint density at radius 2 is 1.63 bits per heavy atom. The third-order valence-electron chi connectivity index (χ3n) is 8.43. The van der Waals surface area contributed by atoms with Crippen LogP contribution in [-0.2, 0) is 34.5 Å². The van der Waals surface area contributed by atoms with Gasteiger partial charge in [0.1, 0.15) is 24.7 Å². The zero-order chi connectivity index (χ0) is 36.7. The number of benzene rings is 2. The monoisotopic (exact) mass is 691 g/mol. The van der Waals surface area contributed by atoms with Crippen LogP contribution >= 0.6 is 0 Å². The number of aryl methyl sites for hydroxylation is 2. The van der Waals surface area contributed by atoms with Gasteiger partial charge in [-0.15, -0.1) is 10.2 Å². The topological polar surface area (TPSA) is 171 Å². The van der Waals surface area contributed by atoms with Gasteiger partial charge in [-0.05, 0) is 50.3 Å². The number of Topliss-reactive ketones (excluding diaryl/α,β-unsaturated/α-hetero) is 1. The number of rotatable bonds is 13. The molecule has 0 saturated heterocycles. The largest absolute Gasteiger partial charge is 0.444 e. The number of nitrogens with one attached hydrogen (secondary N) is 2. The fourth-order valence-electron chi connectivity index (χ4n) is 5.34. The van der Waals surface area contributed by atoms with Crippen molar-refractivity contribution in [2.45, 2.75) is 72.6 Å². The summed E-state index contributed by atoms with van der Waals surface area (Å²) in [5.74, 6) is -1.47. The van der Waals surface area contributed by atoms with Gasteiger partial charge in [0.15, 0.2) is 0 Å². The lowest BCUT2D eigenvalue weighted by Gasteiger charge is -2.21. The molecule has 0 radical (unpaired) electrons. The number of amides is 2. The molecule has 3 aromatic heterocycles. The first-order chi connectivity index (χ1) is 24.4. The molecule has 0 aliphatic carbocycles. The molecule has 51 heavy (non-hydrogen) atoms. The molecule has 0 unspecified atom stereocenters. The third-order valence-corrected chi connectivity index (χ3v) is 8.43. The van der Waals surface area contributed by atoms with E-state index in [9.17, 15) is 19.2 Å². The summed E-state index contributed by atoms with van der Waals surface area (Å²) in [7, 11) is 0. The minimum absolute atomic E-state index is 0.00948. The number of hydrogen-bond donors (Lipinski definition) is 2. The van der Waals surface area contributed by atoms with Crippen molar-refractivity contribution in [1.29, 1.82) is 0 Å². The third kappa shape index (κ3) is 8.43. The lowest BCUT2D eigenvalue weighted by Crippen LogP contribution is -2.47. The predicted octanol–water partition coefficient (Wildman–Crippen LogP) is 5.66. The fraction of sp³-hybridized carbons (Fsp3) is 0.316. The van der Waals surface area contributed by atoms with Crippen LogP contribution in [0, 0.1) is 12.8 Å². The van der Waals surface area contributed by atoms with Crippen molar-refractivity contribution in [3.8, 4) is 11.4 Å². The number of carbonyl (C=O) groups excluding carboxylic acids is 3. The molecule has 2 N–H and O–H groups in total. The van der Waals surface area contributed by atoms with Crippen molar-refractivity contribution in [1.82, 2.24) is 30.0 Å². The average molecular weight is 692 g/mol. The summed E-state index contributed by atoms with van der Waals surface area (Å²) in [6.45, 7) is 10.4. The molecule has 13 nitrogen and oxygen atoms in total. The maximum atomic E-state index is 13.9. The first-order valence-corrected chi connectivity index (χ1v) is 16.7. The lowest BCUT2D eigenvalue weighted by atomic mass is 9.88. The summed E-state index contributed by atoms with van der Waals surface area (Å²) >= 11 is 0. The maximum absolute atomic E-state index is 13.9. The molecule has 5 rings (SSSR count). The van der Waals surface area contributed by atoms with Gasteiger partial charge < -0.3 is 14.5 Å². The normalized spacial score (nSPS) is 12.0. The molecule has 5 aromatic rings. The van der Waals surface area contributed by atoms with Gasteiger partial charge >= 0.3 is 6.09 Å². The van der Waals surface area contributed by atoms with Crippen LogP contribution in [-0.4, -0.2) is 48.6 Å². The SMILES string of the molecule is CCc1ccc(C(C)(C)c2nnc(C(=O)[C@@H](NC(=O)Cn3c(-c4ccccc4)nc(C)c(NC(=O)OCc4ccccc4)c3=O)C(C)C)o2)nc1. The molecule has 0 spiro atoms. The molecular formula is C38H41N7O6. The number of ether oxygens (including phenoxy) is 1. The standard InChI is InChI=1S/C38H41N7O6/c1-7-25-18-19-28(39-20-25)38(5,6)36-44-43-34(51-36)32(47)30(23(2)3)41-29(46)21-45-33(27-16-12-9-13-17-27)40-24(4)31(35(45)48)42-37(49)50-22-26-14-10-8-11-15-26/h8-20,23,30H,7,21-22H2,1-6H3,(H,41,46)(H,42,49)/t30-/m0/s1. The smallest absolute Gasteiger partial charge is 0.412 e. The van der Waals surface area contributed by atoms with E-state index >= 15 is 0 Å². The minimum atomic E-state index is -1.06. The van der Waals surface area contributed by atoms with Gasteiger partial charge in [0.05, 0.1) is 22.8 Å². The van der Waals surface area contributed by atoms with E-state index in [0.717, 1.165) is 22.1 Å². The molecule has 1 atom stereocenters. The molecule has 0 bridgehead atoms. The molecule has 2 amide bonds. The van der Waals surface area contributed by atoms with Crippen molar-refractivity contribution in [3.05, 3.63) is 124 Å². The quantitative estimate of drug-likeness (QED) is 0.147. The zero-order valence-corrected chi connectivity index (χ0v) is 29.5. The van der Waals surface area contributed by atoms with Gasteiger partial charge in [-0.25, -0.2) is 9.78 Å². The van der Waals surface area contributed by atoms with E-state index in [1.165, 1.54) is 0 Å². The van der Waals surface area contributed by atoms with Gasteiger partial charge in [0.2, 0.25) is 17.6 Å². The van der Waals surface area contributed by atoms with Crippen LogP contribution in [0.5, 0.6) is 0 Å². The molecule has 3 heterocycles. The molecule has 264 valence electrons. The highest BCUT2D eigenvalue weighted by Gasteiger charge is 2.35. The van der Waals surface area contributed by atoms with E-state index in [-0.39, 0.29) is 41.5 Å². The summed E-state index contributed by atoms with van der Waals surface area (Å²) < 4.78 is 12.3. The minimum Gasteiger partial charge on any atom is -0.444 e. The zero-order valence-electron chi connectivity index (χ0n) is 29.5. The van der Waals surface area contributed by atoms with Gasteiger partial charge in [0.25, 0.3) is 11.4 Å². The van der Waals surface area contributed by atoms with Crippen LogP contribution in [0.3, 0.4) is 0 Å². The number of carbonyl (C=O) groups is 3. The fourth-order valence-corrected chi connectivity index (χ4v) is 5.34. The molecule has 13 heteroatoms. The molecule has 2 aromatic carbocycles. The van der Waals surface area contributed by atoms with E-state index in [2.05, 4.69) is 30.8 Å². The first-order valence-electron chi connectivity index (χ1n) is 16.7. The number of pyridine rings is 1. The Labute approximate surface area is 295 Å². The highest BCUT2D eigenvalue weighted by Crippen LogP contribution is 2.29. The second-order valence-corrected chi connectivity index (χ2v) is 12.9. The Bertz CT molecular complexity index is 2060. The van der Waals surface area contributed by atoms with E-state index in [4.69, 9.17) is 9.15 Å². The molecule has 0 fully saturated rings. The Morgan fingerprint density at radius 3 is 2.25 bits per heavy atom. The van der Waals surface area contributed by atoms with E-state index in [1.807, 2.05) is 57.2 Å². The van der Waals surface area contributed by atoms with Crippen molar-refractivity contribution in [2.75, 3.05) is 5.32 Å². The average Bonchev–Trinajstić information content (AvgIpc) is 3.65. The van der Waals surface area contributed by atoms with E-state index in [1.54, 1.807) is 63.4 Å². The molecule has 0 aliphatic rings. The number of hydrogen-bond acceptors (Lipinski definition) is 10. The second-order valence-electron chi connectivity index (χ2n) is 12.9. The van der Waals surface area contributed by atoms with Crippen LogP contribution in [0.2, 0.25) is 0 Å². The summed E-state index contributed by atoms with van der Waals surface area (Å²) in [6.07, 6.45) is 1.78. The van der Waals surface area contributed by atoms with Crippen LogP contribution in [0.4, 0.5) is 10.5 Å². The maximum Gasteiger partial charge on any atom is 0.412 e. The molecular weight excluding hydrogens is 650 g/mol. The summed E-state index contributed by atoms with van der Waals surface area (Å²) in [4.78, 5) is 63.1. The van der Waals surface area contributed by atoms with Crippen LogP contribution in [0.25, 0.3) is 11.4 Å². The summed E-state index contributed by atoms with van der Waals surface area (Å²) in [5.41, 5.74) is 1.74. The van der Waals surface area contributed by atoms with Crippen LogP contribution < -0.4 is 16.2 Å². The Morgan fingerprint density at radius 1 is 0.941 bits per heavy atom. The van der Waals surface area contributed by atoms with E-state index in [0.29, 0.717) is 11.3 Å². The number of nitrogens with zero attached hydrogens (tertiary/aromatic N) is 5. The van der Waals surface area contributed by atoms with Crippen molar-refractivity contribution < 1.29 is 23.5 Å².